The van der Waals surface area contributed by atoms with Crippen LogP contribution in [0.1, 0.15) is 10.4 Å². The number of benzene rings is 2. The van der Waals surface area contributed by atoms with Crippen LogP contribution in [-0.2, 0) is 0 Å². The van der Waals surface area contributed by atoms with E-state index in [9.17, 15) is 4.79 Å². The normalized spacial score (nSPS) is 10.7. The molecule has 0 bridgehead atoms. The highest BCUT2D eigenvalue weighted by Crippen LogP contribution is 2.28. The van der Waals surface area contributed by atoms with Crippen LogP contribution in [0.25, 0.3) is 11.5 Å². The van der Waals surface area contributed by atoms with Crippen molar-refractivity contribution in [2.24, 2.45) is 0 Å². The first-order valence-electron chi connectivity index (χ1n) is 7.16. The molecule has 0 fully saturated rings. The fourth-order valence-corrected chi connectivity index (χ4v) is 3.16. The quantitative estimate of drug-likeness (QED) is 0.431. The topological polar surface area (TPSA) is 65.2 Å². The molecule has 0 unspecified atom stereocenters. The number of thioether (sulfide) groups is 1. The van der Waals surface area contributed by atoms with Crippen molar-refractivity contribution >= 4 is 40.7 Å². The third-order valence-electron chi connectivity index (χ3n) is 3.28. The van der Waals surface area contributed by atoms with E-state index in [2.05, 4.69) is 10.2 Å². The third-order valence-corrected chi connectivity index (χ3v) is 4.63. The number of ether oxygens (including phenoxy) is 1. The van der Waals surface area contributed by atoms with Gasteiger partial charge in [0.25, 0.3) is 5.22 Å². The van der Waals surface area contributed by atoms with Gasteiger partial charge in [-0.3, -0.25) is 4.79 Å². The van der Waals surface area contributed by atoms with E-state index in [0.717, 1.165) is 17.3 Å². The molecule has 0 aliphatic heterocycles. The van der Waals surface area contributed by atoms with Crippen molar-refractivity contribution in [1.29, 1.82) is 0 Å². The van der Waals surface area contributed by atoms with Gasteiger partial charge in [0, 0.05) is 16.1 Å². The number of aromatic nitrogens is 2. The van der Waals surface area contributed by atoms with Gasteiger partial charge < -0.3 is 9.15 Å². The Morgan fingerprint density at radius 2 is 2.04 bits per heavy atom. The zero-order valence-corrected chi connectivity index (χ0v) is 15.4. The second-order valence-electron chi connectivity index (χ2n) is 4.94. The summed E-state index contributed by atoms with van der Waals surface area (Å²) < 4.78 is 10.6. The van der Waals surface area contributed by atoms with Crippen molar-refractivity contribution < 1.29 is 13.9 Å². The van der Waals surface area contributed by atoms with E-state index in [1.807, 2.05) is 6.07 Å². The molecule has 5 nitrogen and oxygen atoms in total. The minimum atomic E-state index is -0.0999. The molecule has 2 aromatic carbocycles. The summed E-state index contributed by atoms with van der Waals surface area (Å²) in [6.07, 6.45) is 0. The van der Waals surface area contributed by atoms with E-state index in [1.54, 1.807) is 36.4 Å². The molecular weight excluding hydrogens is 383 g/mol. The lowest BCUT2D eigenvalue weighted by atomic mass is 10.1. The summed E-state index contributed by atoms with van der Waals surface area (Å²) in [6, 6.07) is 12.0. The fraction of sp³-hybridized carbons (Fsp3) is 0.118. The molecule has 0 amide bonds. The monoisotopic (exact) mass is 394 g/mol. The molecule has 1 aromatic heterocycles. The van der Waals surface area contributed by atoms with E-state index in [-0.39, 0.29) is 11.5 Å². The molecule has 3 rings (SSSR count). The smallest absolute Gasteiger partial charge is 0.277 e. The van der Waals surface area contributed by atoms with Crippen molar-refractivity contribution in [2.75, 3.05) is 12.9 Å². The Hall–Kier alpha value is -2.02. The maximum absolute atomic E-state index is 12.3. The standard InChI is InChI=1S/C17H12Cl2N2O3S/c1-23-15-6-5-10(8-13(15)19)14(22)9-25-17-21-20-16(24-17)11-3-2-4-12(18)7-11/h2-8H,9H2,1H3. The highest BCUT2D eigenvalue weighted by Gasteiger charge is 2.14. The Morgan fingerprint density at radius 1 is 1.20 bits per heavy atom. The highest BCUT2D eigenvalue weighted by atomic mass is 35.5. The minimum absolute atomic E-state index is 0.0999. The van der Waals surface area contributed by atoms with Gasteiger partial charge in [0.05, 0.1) is 17.9 Å². The summed E-state index contributed by atoms with van der Waals surface area (Å²) in [7, 11) is 1.52. The highest BCUT2D eigenvalue weighted by molar-refractivity contribution is 7.99. The first kappa shape index (κ1) is 17.8. The number of nitrogens with zero attached hydrogens (tertiary/aromatic N) is 2. The summed E-state index contributed by atoms with van der Waals surface area (Å²) >= 11 is 13.1. The molecule has 8 heteroatoms. The van der Waals surface area contributed by atoms with Gasteiger partial charge in [-0.25, -0.2) is 0 Å². The first-order chi connectivity index (χ1) is 12.1. The van der Waals surface area contributed by atoms with Crippen molar-refractivity contribution in [3.05, 3.63) is 58.1 Å². The van der Waals surface area contributed by atoms with Gasteiger partial charge in [-0.1, -0.05) is 41.0 Å². The van der Waals surface area contributed by atoms with Gasteiger partial charge in [-0.05, 0) is 36.4 Å². The second kappa shape index (κ2) is 7.91. The first-order valence-corrected chi connectivity index (χ1v) is 8.90. The van der Waals surface area contributed by atoms with E-state index >= 15 is 0 Å². The number of rotatable bonds is 6. The van der Waals surface area contributed by atoms with Crippen molar-refractivity contribution in [3.8, 4) is 17.2 Å². The van der Waals surface area contributed by atoms with Crippen LogP contribution < -0.4 is 4.74 Å². The van der Waals surface area contributed by atoms with E-state index in [4.69, 9.17) is 32.4 Å². The molecule has 3 aromatic rings. The van der Waals surface area contributed by atoms with Crippen LogP contribution >= 0.6 is 35.0 Å². The number of ketones is 1. The lowest BCUT2D eigenvalue weighted by molar-refractivity contribution is 0.102. The minimum Gasteiger partial charge on any atom is -0.495 e. The Morgan fingerprint density at radius 3 is 2.76 bits per heavy atom. The number of halogens is 2. The van der Waals surface area contributed by atoms with Crippen molar-refractivity contribution in [2.45, 2.75) is 5.22 Å². The molecule has 0 spiro atoms. The second-order valence-corrected chi connectivity index (χ2v) is 6.71. The molecule has 0 N–H and O–H groups in total. The molecule has 0 saturated carbocycles. The van der Waals surface area contributed by atoms with Gasteiger partial charge >= 0.3 is 0 Å². The summed E-state index contributed by atoms with van der Waals surface area (Å²) in [5.74, 6) is 0.927. The Bertz CT molecular complexity index is 914. The molecule has 0 atom stereocenters. The predicted molar refractivity (Wildman–Crippen MR) is 97.8 cm³/mol. The molecule has 128 valence electrons. The Balaban J connectivity index is 1.66. The number of hydrogen-bond acceptors (Lipinski definition) is 6. The summed E-state index contributed by atoms with van der Waals surface area (Å²) in [5, 5.41) is 9.18. The van der Waals surface area contributed by atoms with Gasteiger partial charge in [0.15, 0.2) is 5.78 Å². The van der Waals surface area contributed by atoms with Crippen LogP contribution in [0.15, 0.2) is 52.1 Å². The van der Waals surface area contributed by atoms with Gasteiger partial charge in [0.2, 0.25) is 5.89 Å². The third kappa shape index (κ3) is 4.34. The zero-order chi connectivity index (χ0) is 17.8. The van der Waals surface area contributed by atoms with Crippen molar-refractivity contribution in [3.63, 3.8) is 0 Å². The Labute approximate surface area is 158 Å². The number of carbonyl (C=O) groups excluding carboxylic acids is 1. The molecular formula is C17H12Cl2N2O3S. The maximum atomic E-state index is 12.3. The number of Topliss-reactive ketones (excluding diaryl/α,β-unsaturated/α-hetero) is 1. The molecule has 0 radical (unpaired) electrons. The number of hydrogen-bond donors (Lipinski definition) is 0. The average molecular weight is 395 g/mol. The fourth-order valence-electron chi connectivity index (χ4n) is 2.06. The molecule has 1 heterocycles. The largest absolute Gasteiger partial charge is 0.495 e. The van der Waals surface area contributed by atoms with Crippen LogP contribution in [0, 0.1) is 0 Å². The van der Waals surface area contributed by atoms with E-state index in [0.29, 0.717) is 32.5 Å². The number of carbonyl (C=O) groups is 1. The Kier molecular flexibility index (Phi) is 5.63. The van der Waals surface area contributed by atoms with Crippen LogP contribution in [0.4, 0.5) is 0 Å². The molecule has 0 aliphatic rings. The average Bonchev–Trinajstić information content (AvgIpc) is 3.08. The van der Waals surface area contributed by atoms with Gasteiger partial charge in [-0.2, -0.15) is 0 Å². The zero-order valence-electron chi connectivity index (χ0n) is 13.0. The molecule has 25 heavy (non-hydrogen) atoms. The van der Waals surface area contributed by atoms with Gasteiger partial charge in [0.1, 0.15) is 5.75 Å². The summed E-state index contributed by atoms with van der Waals surface area (Å²) in [4.78, 5) is 12.3. The maximum Gasteiger partial charge on any atom is 0.277 e. The lowest BCUT2D eigenvalue weighted by Crippen LogP contribution is -2.02. The molecule has 0 aliphatic carbocycles. The predicted octanol–water partition coefficient (Wildman–Crippen LogP) is 5.03. The summed E-state index contributed by atoms with van der Waals surface area (Å²) in [6.45, 7) is 0. The molecule has 0 saturated heterocycles. The summed E-state index contributed by atoms with van der Waals surface area (Å²) in [5.41, 5.74) is 1.22. The van der Waals surface area contributed by atoms with E-state index in [1.165, 1.54) is 7.11 Å². The van der Waals surface area contributed by atoms with E-state index < -0.39 is 0 Å². The van der Waals surface area contributed by atoms with Crippen LogP contribution in [0.2, 0.25) is 10.0 Å². The SMILES string of the molecule is COc1ccc(C(=O)CSc2nnc(-c3cccc(Cl)c3)o2)cc1Cl. The number of methoxy groups -OCH3 is 1. The van der Waals surface area contributed by atoms with Crippen LogP contribution in [0.5, 0.6) is 5.75 Å². The van der Waals surface area contributed by atoms with Crippen LogP contribution in [0.3, 0.4) is 0 Å². The van der Waals surface area contributed by atoms with Gasteiger partial charge in [-0.15, -0.1) is 10.2 Å². The van der Waals surface area contributed by atoms with Crippen LogP contribution in [-0.4, -0.2) is 28.8 Å². The van der Waals surface area contributed by atoms with Crippen molar-refractivity contribution in [1.82, 2.24) is 10.2 Å². The lowest BCUT2D eigenvalue weighted by Gasteiger charge is -2.04.